The molecule has 0 spiro atoms. The van der Waals surface area contributed by atoms with Crippen LogP contribution in [0.2, 0.25) is 0 Å². The summed E-state index contributed by atoms with van der Waals surface area (Å²) in [5.74, 6) is 1.21. The molecule has 0 radical (unpaired) electrons. The van der Waals surface area contributed by atoms with Gasteiger partial charge in [-0.05, 0) is 5.56 Å². The summed E-state index contributed by atoms with van der Waals surface area (Å²) < 4.78 is 6.86. The molecule has 0 bridgehead atoms. The molecule has 2 aromatic heterocycles. The molecule has 4 rings (SSSR count). The Morgan fingerprint density at radius 3 is 2.79 bits per heavy atom. The van der Waals surface area contributed by atoms with Gasteiger partial charge in [-0.15, -0.1) is 5.10 Å². The van der Waals surface area contributed by atoms with E-state index in [0.29, 0.717) is 36.9 Å². The summed E-state index contributed by atoms with van der Waals surface area (Å²) in [4.78, 5) is 18.4. The van der Waals surface area contributed by atoms with Crippen LogP contribution in [0, 0.1) is 0 Å². The first-order valence-electron chi connectivity index (χ1n) is 7.71. The summed E-state index contributed by atoms with van der Waals surface area (Å²) in [6.07, 6.45) is 2.25. The maximum Gasteiger partial charge on any atom is 0.276 e. The molecular formula is C16H16N6O2. The summed E-state index contributed by atoms with van der Waals surface area (Å²) >= 11 is 0. The lowest BCUT2D eigenvalue weighted by Gasteiger charge is -2.36. The van der Waals surface area contributed by atoms with Gasteiger partial charge < -0.3 is 9.42 Å². The van der Waals surface area contributed by atoms with Crippen molar-refractivity contribution in [2.75, 3.05) is 13.1 Å². The van der Waals surface area contributed by atoms with E-state index in [2.05, 4.69) is 20.5 Å². The molecular weight excluding hydrogens is 308 g/mol. The summed E-state index contributed by atoms with van der Waals surface area (Å²) in [7, 11) is 1.73. The number of aryl methyl sites for hydroxylation is 1. The number of amides is 1. The minimum atomic E-state index is -0.122. The summed E-state index contributed by atoms with van der Waals surface area (Å²) in [6.45, 7) is 1.12. The van der Waals surface area contributed by atoms with E-state index in [4.69, 9.17) is 4.52 Å². The Hall–Kier alpha value is -3.03. The number of rotatable bonds is 4. The van der Waals surface area contributed by atoms with Crippen molar-refractivity contribution in [2.24, 2.45) is 7.05 Å². The summed E-state index contributed by atoms with van der Waals surface area (Å²) in [5.41, 5.74) is 1.49. The Labute approximate surface area is 138 Å². The molecule has 8 heteroatoms. The second-order valence-corrected chi connectivity index (χ2v) is 5.90. The van der Waals surface area contributed by atoms with Crippen molar-refractivity contribution in [3.8, 4) is 0 Å². The second kappa shape index (κ2) is 5.88. The van der Waals surface area contributed by atoms with Crippen molar-refractivity contribution in [3.63, 3.8) is 0 Å². The van der Waals surface area contributed by atoms with Gasteiger partial charge >= 0.3 is 0 Å². The molecule has 8 nitrogen and oxygen atoms in total. The van der Waals surface area contributed by atoms with Crippen LogP contribution >= 0.6 is 0 Å². The van der Waals surface area contributed by atoms with Crippen molar-refractivity contribution < 1.29 is 9.32 Å². The Kier molecular flexibility index (Phi) is 3.56. The molecule has 1 aliphatic heterocycles. The van der Waals surface area contributed by atoms with Crippen LogP contribution in [0.15, 0.2) is 41.1 Å². The van der Waals surface area contributed by atoms with Crippen LogP contribution in [-0.4, -0.2) is 49.0 Å². The molecule has 1 aromatic carbocycles. The minimum Gasteiger partial charge on any atom is -0.339 e. The molecule has 1 fully saturated rings. The van der Waals surface area contributed by atoms with E-state index in [-0.39, 0.29) is 11.8 Å². The van der Waals surface area contributed by atoms with Crippen LogP contribution in [0.3, 0.4) is 0 Å². The monoisotopic (exact) mass is 324 g/mol. The molecule has 0 aliphatic carbocycles. The van der Waals surface area contributed by atoms with E-state index in [1.165, 1.54) is 4.68 Å². The van der Waals surface area contributed by atoms with E-state index in [1.54, 1.807) is 18.1 Å². The lowest BCUT2D eigenvalue weighted by Crippen LogP contribution is -2.48. The van der Waals surface area contributed by atoms with Crippen molar-refractivity contribution in [2.45, 2.75) is 12.3 Å². The van der Waals surface area contributed by atoms with Crippen LogP contribution in [0.5, 0.6) is 0 Å². The number of aromatic nitrogens is 5. The maximum absolute atomic E-state index is 12.2. The first-order chi connectivity index (χ1) is 11.7. The van der Waals surface area contributed by atoms with Gasteiger partial charge in [0.1, 0.15) is 0 Å². The van der Waals surface area contributed by atoms with Crippen molar-refractivity contribution in [1.82, 2.24) is 30.0 Å². The third-order valence-electron chi connectivity index (χ3n) is 4.03. The predicted molar refractivity (Wildman–Crippen MR) is 83.2 cm³/mol. The lowest BCUT2D eigenvalue weighted by atomic mass is 10.00. The Balaban J connectivity index is 1.36. The molecule has 1 amide bonds. The summed E-state index contributed by atoms with van der Waals surface area (Å²) in [5, 5.41) is 11.6. The predicted octanol–water partition coefficient (Wildman–Crippen LogP) is 1.03. The number of hydrogen-bond acceptors (Lipinski definition) is 6. The van der Waals surface area contributed by atoms with Crippen molar-refractivity contribution in [1.29, 1.82) is 0 Å². The van der Waals surface area contributed by atoms with E-state index in [1.807, 2.05) is 30.3 Å². The molecule has 1 aliphatic rings. The third kappa shape index (κ3) is 2.78. The Morgan fingerprint density at radius 1 is 1.29 bits per heavy atom. The number of carbonyl (C=O) groups is 1. The first kappa shape index (κ1) is 14.6. The largest absolute Gasteiger partial charge is 0.339 e. The third-order valence-corrected chi connectivity index (χ3v) is 4.03. The number of carbonyl (C=O) groups excluding carboxylic acids is 1. The highest BCUT2D eigenvalue weighted by atomic mass is 16.5. The van der Waals surface area contributed by atoms with Crippen LogP contribution in [0.25, 0.3) is 0 Å². The zero-order valence-corrected chi connectivity index (χ0v) is 13.2. The fourth-order valence-electron chi connectivity index (χ4n) is 2.69. The molecule has 0 saturated carbocycles. The molecule has 0 atom stereocenters. The molecule has 3 aromatic rings. The highest BCUT2D eigenvalue weighted by Crippen LogP contribution is 2.27. The zero-order valence-electron chi connectivity index (χ0n) is 13.2. The Bertz CT molecular complexity index is 850. The van der Waals surface area contributed by atoms with Gasteiger partial charge in [-0.2, -0.15) is 4.98 Å². The lowest BCUT2D eigenvalue weighted by molar-refractivity contribution is 0.0563. The number of hydrogen-bond donors (Lipinski definition) is 0. The van der Waals surface area contributed by atoms with Gasteiger partial charge in [0.2, 0.25) is 5.89 Å². The van der Waals surface area contributed by atoms with E-state index >= 15 is 0 Å². The maximum atomic E-state index is 12.2. The van der Waals surface area contributed by atoms with Crippen LogP contribution in [0.1, 0.15) is 33.7 Å². The minimum absolute atomic E-state index is 0.0858. The molecule has 0 unspecified atom stereocenters. The van der Waals surface area contributed by atoms with Crippen LogP contribution < -0.4 is 0 Å². The van der Waals surface area contributed by atoms with E-state index < -0.39 is 0 Å². The van der Waals surface area contributed by atoms with Crippen molar-refractivity contribution >= 4 is 5.91 Å². The highest BCUT2D eigenvalue weighted by Gasteiger charge is 2.36. The second-order valence-electron chi connectivity index (χ2n) is 5.90. The quantitative estimate of drug-likeness (QED) is 0.712. The van der Waals surface area contributed by atoms with Crippen LogP contribution in [0.4, 0.5) is 0 Å². The SMILES string of the molecule is Cn1cc(C(=O)N2CC(c3nc(Cc4ccccc4)no3)C2)nn1. The van der Waals surface area contributed by atoms with Crippen LogP contribution in [-0.2, 0) is 13.5 Å². The average Bonchev–Trinajstić information content (AvgIpc) is 3.16. The molecule has 3 heterocycles. The normalized spacial score (nSPS) is 14.6. The zero-order chi connectivity index (χ0) is 16.5. The van der Waals surface area contributed by atoms with Gasteiger partial charge in [0.05, 0.1) is 12.1 Å². The first-order valence-corrected chi connectivity index (χ1v) is 7.71. The molecule has 1 saturated heterocycles. The van der Waals surface area contributed by atoms with E-state index in [9.17, 15) is 4.79 Å². The molecule has 24 heavy (non-hydrogen) atoms. The molecule has 122 valence electrons. The van der Waals surface area contributed by atoms with Gasteiger partial charge in [0, 0.05) is 26.6 Å². The number of nitrogens with zero attached hydrogens (tertiary/aromatic N) is 6. The number of benzene rings is 1. The van der Waals surface area contributed by atoms with Gasteiger partial charge in [-0.1, -0.05) is 40.7 Å². The smallest absolute Gasteiger partial charge is 0.276 e. The summed E-state index contributed by atoms with van der Waals surface area (Å²) in [6, 6.07) is 10.0. The van der Waals surface area contributed by atoms with Gasteiger partial charge in [-0.25, -0.2) is 0 Å². The fourth-order valence-corrected chi connectivity index (χ4v) is 2.69. The average molecular weight is 324 g/mol. The number of likely N-dealkylation sites (tertiary alicyclic amines) is 1. The highest BCUT2D eigenvalue weighted by molar-refractivity contribution is 5.92. The van der Waals surface area contributed by atoms with Gasteiger partial charge in [0.15, 0.2) is 11.5 Å². The van der Waals surface area contributed by atoms with E-state index in [0.717, 1.165) is 5.56 Å². The topological polar surface area (TPSA) is 89.9 Å². The molecule has 0 N–H and O–H groups in total. The standard InChI is InChI=1S/C16H16N6O2/c1-21-10-13(18-20-21)16(23)22-8-12(9-22)15-17-14(19-24-15)7-11-5-3-2-4-6-11/h2-6,10,12H,7-9H2,1H3. The van der Waals surface area contributed by atoms with Gasteiger partial charge in [-0.3, -0.25) is 9.48 Å². The van der Waals surface area contributed by atoms with Crippen molar-refractivity contribution in [3.05, 3.63) is 59.5 Å². The Morgan fingerprint density at radius 2 is 2.08 bits per heavy atom. The fraction of sp³-hybridized carbons (Fsp3) is 0.312. The van der Waals surface area contributed by atoms with Gasteiger partial charge in [0.25, 0.3) is 5.91 Å².